The van der Waals surface area contributed by atoms with Crippen molar-refractivity contribution in [1.82, 2.24) is 15.1 Å². The Morgan fingerprint density at radius 2 is 1.90 bits per heavy atom. The molecule has 0 saturated heterocycles. The van der Waals surface area contributed by atoms with E-state index in [1.807, 2.05) is 0 Å². The third-order valence-corrected chi connectivity index (χ3v) is 5.50. The van der Waals surface area contributed by atoms with Gasteiger partial charge in [0.05, 0.1) is 15.9 Å². The molecule has 1 rings (SSSR count). The molecule has 21 heavy (non-hydrogen) atoms. The maximum absolute atomic E-state index is 4.73. The van der Waals surface area contributed by atoms with E-state index in [1.165, 1.54) is 28.7 Å². The Hall–Kier alpha value is -0.350. The molecule has 1 N–H and O–H groups in total. The molecule has 0 saturated carbocycles. The van der Waals surface area contributed by atoms with Gasteiger partial charge in [0, 0.05) is 19.0 Å². The molecule has 1 heterocycles. The van der Waals surface area contributed by atoms with Crippen LogP contribution in [0, 0.1) is 5.41 Å². The van der Waals surface area contributed by atoms with Crippen molar-refractivity contribution in [3.05, 3.63) is 15.9 Å². The van der Waals surface area contributed by atoms with Crippen molar-refractivity contribution in [2.45, 2.75) is 79.8 Å². The fraction of sp³-hybridized carbons (Fsp3) is 0.824. The van der Waals surface area contributed by atoms with Gasteiger partial charge in [0.1, 0.15) is 0 Å². The summed E-state index contributed by atoms with van der Waals surface area (Å²) in [5.74, 6) is 0. The predicted molar refractivity (Wildman–Crippen MR) is 94.8 cm³/mol. The van der Waals surface area contributed by atoms with E-state index in [1.54, 1.807) is 0 Å². The molecule has 1 atom stereocenters. The summed E-state index contributed by atoms with van der Waals surface area (Å²) in [4.78, 5) is 0. The molecule has 0 radical (unpaired) electrons. The van der Waals surface area contributed by atoms with Gasteiger partial charge in [0.25, 0.3) is 0 Å². The molecule has 0 aliphatic carbocycles. The van der Waals surface area contributed by atoms with Crippen LogP contribution in [0.1, 0.15) is 65.8 Å². The smallest absolute Gasteiger partial charge is 0.0766 e. The lowest BCUT2D eigenvalue weighted by molar-refractivity contribution is 0.227. The second-order valence-electron chi connectivity index (χ2n) is 6.43. The lowest BCUT2D eigenvalue weighted by Crippen LogP contribution is -2.44. The van der Waals surface area contributed by atoms with Crippen LogP contribution in [0.25, 0.3) is 0 Å². The van der Waals surface area contributed by atoms with E-state index in [4.69, 9.17) is 5.10 Å². The van der Waals surface area contributed by atoms with Crippen molar-refractivity contribution in [3.8, 4) is 0 Å². The zero-order valence-corrected chi connectivity index (χ0v) is 16.2. The Morgan fingerprint density at radius 1 is 1.24 bits per heavy atom. The summed E-state index contributed by atoms with van der Waals surface area (Å²) in [6.45, 7) is 15.6. The monoisotopic (exact) mass is 357 g/mol. The van der Waals surface area contributed by atoms with E-state index in [2.05, 4.69) is 67.5 Å². The number of nitrogens with zero attached hydrogens (tertiary/aromatic N) is 2. The van der Waals surface area contributed by atoms with E-state index >= 15 is 0 Å². The third-order valence-electron chi connectivity index (χ3n) is 4.59. The molecular formula is C17H32BrN3. The lowest BCUT2D eigenvalue weighted by atomic mass is 9.79. The number of hydrogen-bond acceptors (Lipinski definition) is 2. The van der Waals surface area contributed by atoms with E-state index in [9.17, 15) is 0 Å². The van der Waals surface area contributed by atoms with Gasteiger partial charge in [0.2, 0.25) is 0 Å². The highest BCUT2D eigenvalue weighted by atomic mass is 79.9. The predicted octanol–water partition coefficient (Wildman–Crippen LogP) is 4.57. The van der Waals surface area contributed by atoms with E-state index in [0.717, 1.165) is 25.9 Å². The molecule has 1 unspecified atom stereocenters. The standard InChI is InChI=1S/C17H32BrN3/c1-7-11-19-15(17(5,6)9-3)12-14-16(18)13(8-2)20-21(14)10-4/h15,19H,7-12H2,1-6H3. The molecule has 3 nitrogen and oxygen atoms in total. The molecular weight excluding hydrogens is 326 g/mol. The first-order valence-corrected chi connectivity index (χ1v) is 9.17. The van der Waals surface area contributed by atoms with Crippen molar-refractivity contribution in [2.75, 3.05) is 6.54 Å². The highest BCUT2D eigenvalue weighted by Gasteiger charge is 2.29. The Bertz CT molecular complexity index is 437. The number of halogens is 1. The van der Waals surface area contributed by atoms with Gasteiger partial charge in [-0.05, 0) is 54.1 Å². The average Bonchev–Trinajstić information content (AvgIpc) is 2.78. The van der Waals surface area contributed by atoms with Crippen LogP contribution in [0.2, 0.25) is 0 Å². The quantitative estimate of drug-likeness (QED) is 0.701. The minimum Gasteiger partial charge on any atom is -0.313 e. The SMILES string of the molecule is CCCNC(Cc1c(Br)c(CC)nn1CC)C(C)(C)CC. The van der Waals surface area contributed by atoms with Gasteiger partial charge in [-0.3, -0.25) is 4.68 Å². The number of rotatable bonds is 9. The Balaban J connectivity index is 3.05. The molecule has 1 aromatic heterocycles. The number of aromatic nitrogens is 2. The fourth-order valence-corrected chi connectivity index (χ4v) is 3.32. The molecule has 0 aromatic carbocycles. The maximum Gasteiger partial charge on any atom is 0.0766 e. The highest BCUT2D eigenvalue weighted by Crippen LogP contribution is 2.31. The van der Waals surface area contributed by atoms with Crippen LogP contribution in [-0.2, 0) is 19.4 Å². The molecule has 122 valence electrons. The molecule has 0 spiro atoms. The second kappa shape index (κ2) is 8.33. The third kappa shape index (κ3) is 4.56. The molecule has 0 fully saturated rings. The zero-order valence-electron chi connectivity index (χ0n) is 14.6. The molecule has 0 aliphatic rings. The van der Waals surface area contributed by atoms with Gasteiger partial charge in [-0.1, -0.05) is 34.6 Å². The number of hydrogen-bond donors (Lipinski definition) is 1. The zero-order chi connectivity index (χ0) is 16.0. The first-order valence-electron chi connectivity index (χ1n) is 8.38. The van der Waals surface area contributed by atoms with Crippen molar-refractivity contribution in [3.63, 3.8) is 0 Å². The van der Waals surface area contributed by atoms with Crippen molar-refractivity contribution in [1.29, 1.82) is 0 Å². The Morgan fingerprint density at radius 3 is 2.38 bits per heavy atom. The molecule has 0 aliphatic heterocycles. The van der Waals surface area contributed by atoms with Crippen molar-refractivity contribution < 1.29 is 0 Å². The summed E-state index contributed by atoms with van der Waals surface area (Å²) in [5, 5.41) is 8.48. The Kier molecular flexibility index (Phi) is 7.41. The van der Waals surface area contributed by atoms with Crippen molar-refractivity contribution in [2.24, 2.45) is 5.41 Å². The molecule has 4 heteroatoms. The van der Waals surface area contributed by atoms with Crippen LogP contribution in [0.3, 0.4) is 0 Å². The summed E-state index contributed by atoms with van der Waals surface area (Å²) >= 11 is 3.78. The molecule has 0 amide bonds. The van der Waals surface area contributed by atoms with Crippen molar-refractivity contribution >= 4 is 15.9 Å². The minimum atomic E-state index is 0.282. The average molecular weight is 358 g/mol. The van der Waals surface area contributed by atoms with Crippen LogP contribution >= 0.6 is 15.9 Å². The Labute approximate surface area is 139 Å². The topological polar surface area (TPSA) is 29.9 Å². The fourth-order valence-electron chi connectivity index (χ4n) is 2.60. The summed E-state index contributed by atoms with van der Waals surface area (Å²) in [5.41, 5.74) is 2.80. The first kappa shape index (κ1) is 18.7. The summed E-state index contributed by atoms with van der Waals surface area (Å²) < 4.78 is 3.37. The van der Waals surface area contributed by atoms with Gasteiger partial charge in [0.15, 0.2) is 0 Å². The van der Waals surface area contributed by atoms with Gasteiger partial charge < -0.3 is 5.32 Å². The first-order chi connectivity index (χ1) is 9.91. The van der Waals surface area contributed by atoms with Crippen LogP contribution in [0.5, 0.6) is 0 Å². The van der Waals surface area contributed by atoms with Gasteiger partial charge in [-0.2, -0.15) is 5.10 Å². The number of nitrogens with one attached hydrogen (secondary N) is 1. The highest BCUT2D eigenvalue weighted by molar-refractivity contribution is 9.10. The normalized spacial score (nSPS) is 13.7. The summed E-state index contributed by atoms with van der Waals surface area (Å²) in [7, 11) is 0. The number of aryl methyl sites for hydroxylation is 2. The molecule has 0 bridgehead atoms. The van der Waals surface area contributed by atoms with E-state index in [-0.39, 0.29) is 5.41 Å². The minimum absolute atomic E-state index is 0.282. The molecule has 1 aromatic rings. The van der Waals surface area contributed by atoms with Gasteiger partial charge in [-0.15, -0.1) is 0 Å². The van der Waals surface area contributed by atoms with Crippen LogP contribution in [0.4, 0.5) is 0 Å². The van der Waals surface area contributed by atoms with Crippen LogP contribution < -0.4 is 5.32 Å². The van der Waals surface area contributed by atoms with Crippen LogP contribution in [0.15, 0.2) is 4.47 Å². The van der Waals surface area contributed by atoms with E-state index < -0.39 is 0 Å². The summed E-state index contributed by atoms with van der Waals surface area (Å²) in [6, 6.07) is 0.477. The lowest BCUT2D eigenvalue weighted by Gasteiger charge is -2.34. The van der Waals surface area contributed by atoms with E-state index in [0.29, 0.717) is 6.04 Å². The van der Waals surface area contributed by atoms with Crippen LogP contribution in [-0.4, -0.2) is 22.4 Å². The largest absolute Gasteiger partial charge is 0.313 e. The maximum atomic E-state index is 4.73. The second-order valence-corrected chi connectivity index (χ2v) is 7.22. The van der Waals surface area contributed by atoms with Gasteiger partial charge >= 0.3 is 0 Å². The van der Waals surface area contributed by atoms with Gasteiger partial charge in [-0.25, -0.2) is 0 Å². The summed E-state index contributed by atoms with van der Waals surface area (Å²) in [6.07, 6.45) is 4.35.